The molecule has 1 heterocycles. The molecule has 3 amide bonds. The maximum absolute atomic E-state index is 11.8. The van der Waals surface area contributed by atoms with Crippen LogP contribution in [0.4, 0.5) is 10.5 Å². The zero-order valence-corrected chi connectivity index (χ0v) is 9.14. The summed E-state index contributed by atoms with van der Waals surface area (Å²) >= 11 is 0. The number of carbonyl (C=O) groups excluding carboxylic acids is 2. The highest BCUT2D eigenvalue weighted by molar-refractivity contribution is 5.99. The van der Waals surface area contributed by atoms with Gasteiger partial charge in [0.05, 0.1) is 6.61 Å². The van der Waals surface area contributed by atoms with E-state index in [9.17, 15) is 9.59 Å². The first-order chi connectivity index (χ1) is 8.11. The minimum absolute atomic E-state index is 0.0634. The van der Waals surface area contributed by atoms with Gasteiger partial charge in [-0.3, -0.25) is 4.79 Å². The Hall–Kier alpha value is -2.08. The maximum Gasteiger partial charge on any atom is 0.316 e. The van der Waals surface area contributed by atoms with Crippen molar-refractivity contribution in [3.05, 3.63) is 29.3 Å². The van der Waals surface area contributed by atoms with Gasteiger partial charge in [0.2, 0.25) is 0 Å². The molecule has 90 valence electrons. The Bertz CT molecular complexity index is 473. The topological polar surface area (TPSA) is 95.7 Å². The molecule has 0 fully saturated rings. The number of aliphatic hydroxyl groups is 1. The van der Waals surface area contributed by atoms with Crippen molar-refractivity contribution in [2.75, 3.05) is 18.5 Å². The molecule has 0 radical (unpaired) electrons. The summed E-state index contributed by atoms with van der Waals surface area (Å²) in [6.45, 7) is 0.696. The Kier molecular flexibility index (Phi) is 2.97. The number of nitrogens with one attached hydrogen (secondary N) is 1. The molecule has 6 heteroatoms. The lowest BCUT2D eigenvalue weighted by molar-refractivity contribution is 0.0745. The van der Waals surface area contributed by atoms with Gasteiger partial charge in [-0.1, -0.05) is 0 Å². The summed E-state index contributed by atoms with van der Waals surface area (Å²) in [5.41, 5.74) is 7.01. The van der Waals surface area contributed by atoms with Crippen LogP contribution >= 0.6 is 0 Å². The molecule has 0 aromatic heterocycles. The molecule has 6 nitrogen and oxygen atoms in total. The lowest BCUT2D eigenvalue weighted by Gasteiger charge is -2.12. The first-order valence-electron chi connectivity index (χ1n) is 5.21. The molecule has 1 aliphatic heterocycles. The zero-order chi connectivity index (χ0) is 12.4. The summed E-state index contributed by atoms with van der Waals surface area (Å²) < 4.78 is 0. The average molecular weight is 235 g/mol. The molecular formula is C11H13N3O3. The molecule has 4 N–H and O–H groups in total. The van der Waals surface area contributed by atoms with E-state index in [1.165, 1.54) is 0 Å². The Balaban J connectivity index is 2.23. The molecule has 1 aliphatic rings. The van der Waals surface area contributed by atoms with Gasteiger partial charge in [0.15, 0.2) is 0 Å². The third-order valence-corrected chi connectivity index (χ3v) is 2.62. The van der Waals surface area contributed by atoms with E-state index in [1.54, 1.807) is 23.1 Å². The number of anilines is 1. The van der Waals surface area contributed by atoms with Crippen molar-refractivity contribution in [2.45, 2.75) is 6.54 Å². The quantitative estimate of drug-likeness (QED) is 0.694. The number of nitrogens with two attached hydrogens (primary N) is 1. The molecule has 0 bridgehead atoms. The minimum atomic E-state index is -0.638. The smallest absolute Gasteiger partial charge is 0.316 e. The predicted molar refractivity (Wildman–Crippen MR) is 61.5 cm³/mol. The number of benzene rings is 1. The normalized spacial score (nSPS) is 13.7. The molecule has 17 heavy (non-hydrogen) atoms. The lowest BCUT2D eigenvalue weighted by Crippen LogP contribution is -2.26. The van der Waals surface area contributed by atoms with Crippen LogP contribution in [0, 0.1) is 0 Å². The molecule has 0 aliphatic carbocycles. The number of rotatable bonds is 3. The first-order valence-corrected chi connectivity index (χ1v) is 5.21. The fraction of sp³-hybridized carbons (Fsp3) is 0.273. The van der Waals surface area contributed by atoms with E-state index < -0.39 is 6.03 Å². The SMILES string of the molecule is NC(=O)Nc1ccc2c(c1)CN(CCO)C2=O. The molecule has 0 spiro atoms. The predicted octanol–water partition coefficient (Wildman–Crippen LogP) is 0.125. The second-order valence-electron chi connectivity index (χ2n) is 3.81. The van der Waals surface area contributed by atoms with Crippen molar-refractivity contribution in [3.63, 3.8) is 0 Å². The fourth-order valence-electron chi connectivity index (χ4n) is 1.90. The summed E-state index contributed by atoms with van der Waals surface area (Å²) in [5, 5.41) is 11.3. The Morgan fingerprint density at radius 3 is 2.94 bits per heavy atom. The minimum Gasteiger partial charge on any atom is -0.395 e. The van der Waals surface area contributed by atoms with Crippen molar-refractivity contribution >= 4 is 17.6 Å². The van der Waals surface area contributed by atoms with Crippen LogP contribution in [0.1, 0.15) is 15.9 Å². The van der Waals surface area contributed by atoms with Crippen molar-refractivity contribution in [1.29, 1.82) is 0 Å². The van der Waals surface area contributed by atoms with E-state index in [1.807, 2.05) is 0 Å². The van der Waals surface area contributed by atoms with E-state index in [0.29, 0.717) is 24.3 Å². The van der Waals surface area contributed by atoms with Gasteiger partial charge in [-0.05, 0) is 23.8 Å². The zero-order valence-electron chi connectivity index (χ0n) is 9.14. The molecule has 0 saturated heterocycles. The number of β-amino-alcohol motifs (C(OH)–C–C–N with tert-alkyl or cyclic N) is 1. The summed E-state index contributed by atoms with van der Waals surface area (Å²) in [5.74, 6) is -0.0975. The number of hydrogen-bond donors (Lipinski definition) is 3. The average Bonchev–Trinajstić information content (AvgIpc) is 2.55. The third kappa shape index (κ3) is 2.21. The first kappa shape index (κ1) is 11.4. The second-order valence-corrected chi connectivity index (χ2v) is 3.81. The molecule has 1 aromatic rings. The van der Waals surface area contributed by atoms with Gasteiger partial charge in [0.25, 0.3) is 5.91 Å². The van der Waals surface area contributed by atoms with Crippen molar-refractivity contribution in [2.24, 2.45) is 5.73 Å². The standard InChI is InChI=1S/C11H13N3O3/c12-11(17)13-8-1-2-9-7(5-8)6-14(3-4-15)10(9)16/h1-2,5,15H,3-4,6H2,(H3,12,13,17). The van der Waals surface area contributed by atoms with Crippen LogP contribution in [0.15, 0.2) is 18.2 Å². The molecule has 0 atom stereocenters. The van der Waals surface area contributed by atoms with E-state index in [2.05, 4.69) is 5.32 Å². The van der Waals surface area contributed by atoms with Gasteiger partial charge >= 0.3 is 6.03 Å². The van der Waals surface area contributed by atoms with Gasteiger partial charge < -0.3 is 21.1 Å². The summed E-state index contributed by atoms with van der Waals surface area (Å²) in [6, 6.07) is 4.36. The number of urea groups is 1. The number of primary amides is 1. The van der Waals surface area contributed by atoms with E-state index in [-0.39, 0.29) is 12.5 Å². The highest BCUT2D eigenvalue weighted by Crippen LogP contribution is 2.25. The maximum atomic E-state index is 11.8. The number of nitrogens with zero attached hydrogens (tertiary/aromatic N) is 1. The number of hydrogen-bond acceptors (Lipinski definition) is 3. The number of carbonyl (C=O) groups is 2. The number of amides is 3. The Morgan fingerprint density at radius 2 is 2.29 bits per heavy atom. The Labute approximate surface area is 98.0 Å². The monoisotopic (exact) mass is 235 g/mol. The summed E-state index contributed by atoms with van der Waals surface area (Å²) in [6.07, 6.45) is 0. The second kappa shape index (κ2) is 4.42. The highest BCUT2D eigenvalue weighted by Gasteiger charge is 2.26. The van der Waals surface area contributed by atoms with Gasteiger partial charge in [-0.15, -0.1) is 0 Å². The van der Waals surface area contributed by atoms with Crippen LogP contribution in [-0.2, 0) is 6.54 Å². The molecule has 0 saturated carbocycles. The Morgan fingerprint density at radius 1 is 1.53 bits per heavy atom. The van der Waals surface area contributed by atoms with E-state index in [0.717, 1.165) is 5.56 Å². The van der Waals surface area contributed by atoms with E-state index in [4.69, 9.17) is 10.8 Å². The van der Waals surface area contributed by atoms with Gasteiger partial charge in [-0.2, -0.15) is 0 Å². The summed E-state index contributed by atoms with van der Waals surface area (Å²) in [7, 11) is 0. The van der Waals surface area contributed by atoms with Crippen LogP contribution in [0.2, 0.25) is 0 Å². The molecule has 2 rings (SSSR count). The van der Waals surface area contributed by atoms with Crippen molar-refractivity contribution in [3.8, 4) is 0 Å². The number of aliphatic hydroxyl groups excluding tert-OH is 1. The largest absolute Gasteiger partial charge is 0.395 e. The van der Waals surface area contributed by atoms with Crippen molar-refractivity contribution < 1.29 is 14.7 Å². The van der Waals surface area contributed by atoms with Crippen LogP contribution in [0.3, 0.4) is 0 Å². The van der Waals surface area contributed by atoms with Crippen molar-refractivity contribution in [1.82, 2.24) is 4.90 Å². The van der Waals surface area contributed by atoms with Crippen LogP contribution in [0.25, 0.3) is 0 Å². The lowest BCUT2D eigenvalue weighted by atomic mass is 10.1. The van der Waals surface area contributed by atoms with Gasteiger partial charge in [-0.25, -0.2) is 4.79 Å². The highest BCUT2D eigenvalue weighted by atomic mass is 16.3. The molecule has 1 aromatic carbocycles. The van der Waals surface area contributed by atoms with Gasteiger partial charge in [0.1, 0.15) is 0 Å². The molecule has 0 unspecified atom stereocenters. The van der Waals surface area contributed by atoms with Crippen LogP contribution < -0.4 is 11.1 Å². The molecular weight excluding hydrogens is 222 g/mol. The van der Waals surface area contributed by atoms with Crippen LogP contribution in [-0.4, -0.2) is 35.1 Å². The van der Waals surface area contributed by atoms with E-state index >= 15 is 0 Å². The number of fused-ring (bicyclic) bond motifs is 1. The summed E-state index contributed by atoms with van der Waals surface area (Å²) in [4.78, 5) is 24.1. The third-order valence-electron chi connectivity index (χ3n) is 2.62. The van der Waals surface area contributed by atoms with Crippen LogP contribution in [0.5, 0.6) is 0 Å². The van der Waals surface area contributed by atoms with Gasteiger partial charge in [0, 0.05) is 24.3 Å². The fourth-order valence-corrected chi connectivity index (χ4v) is 1.90.